The van der Waals surface area contributed by atoms with Crippen molar-refractivity contribution in [2.24, 2.45) is 5.73 Å². The molecule has 0 unspecified atom stereocenters. The lowest BCUT2D eigenvalue weighted by Gasteiger charge is -2.15. The first kappa shape index (κ1) is 12.7. The Labute approximate surface area is 95.5 Å². The monoisotopic (exact) mass is 224 g/mol. The average molecular weight is 224 g/mol. The largest absolute Gasteiger partial charge is 0.373 e. The molecule has 90 valence electrons. The Morgan fingerprint density at radius 3 is 2.50 bits per heavy atom. The first-order valence-electron chi connectivity index (χ1n) is 5.70. The molecule has 0 atom stereocenters. The SMILES string of the molecule is CNc1cc(=O)[nH]cn1.NC1CCCCC1. The second kappa shape index (κ2) is 7.00. The molecule has 0 radical (unpaired) electrons. The maximum absolute atomic E-state index is 10.5. The van der Waals surface area contributed by atoms with Gasteiger partial charge in [0.1, 0.15) is 5.82 Å². The second-order valence-electron chi connectivity index (χ2n) is 3.94. The Hall–Kier alpha value is -1.36. The number of hydrogen-bond acceptors (Lipinski definition) is 4. The fourth-order valence-corrected chi connectivity index (χ4v) is 1.64. The Balaban J connectivity index is 0.000000165. The highest BCUT2D eigenvalue weighted by atomic mass is 16.1. The highest BCUT2D eigenvalue weighted by Crippen LogP contribution is 2.14. The molecule has 0 aliphatic heterocycles. The van der Waals surface area contributed by atoms with Gasteiger partial charge in [0.25, 0.3) is 5.56 Å². The third-order valence-corrected chi connectivity index (χ3v) is 2.58. The summed E-state index contributed by atoms with van der Waals surface area (Å²) in [5.41, 5.74) is 5.49. The highest BCUT2D eigenvalue weighted by molar-refractivity contribution is 5.29. The summed E-state index contributed by atoms with van der Waals surface area (Å²) >= 11 is 0. The molecular weight excluding hydrogens is 204 g/mol. The summed E-state index contributed by atoms with van der Waals surface area (Å²) in [5, 5.41) is 2.74. The van der Waals surface area contributed by atoms with E-state index in [0.717, 1.165) is 0 Å². The predicted octanol–water partition coefficient (Wildman–Crippen LogP) is 1.09. The molecular formula is C11H20N4O. The van der Waals surface area contributed by atoms with Gasteiger partial charge in [-0.25, -0.2) is 4.98 Å². The quantitative estimate of drug-likeness (QED) is 0.666. The van der Waals surface area contributed by atoms with Crippen LogP contribution in [0.3, 0.4) is 0 Å². The van der Waals surface area contributed by atoms with Gasteiger partial charge < -0.3 is 16.0 Å². The number of H-pyrrole nitrogens is 1. The van der Waals surface area contributed by atoms with Gasteiger partial charge in [0.05, 0.1) is 6.33 Å². The van der Waals surface area contributed by atoms with Crippen molar-refractivity contribution in [3.05, 3.63) is 22.7 Å². The molecule has 1 saturated carbocycles. The summed E-state index contributed by atoms with van der Waals surface area (Å²) < 4.78 is 0. The number of rotatable bonds is 1. The molecule has 0 bridgehead atoms. The van der Waals surface area contributed by atoms with Crippen molar-refractivity contribution in [3.63, 3.8) is 0 Å². The molecule has 0 aromatic carbocycles. The zero-order valence-corrected chi connectivity index (χ0v) is 9.70. The Kier molecular flexibility index (Phi) is 5.56. The molecule has 5 nitrogen and oxygen atoms in total. The normalized spacial score (nSPS) is 16.1. The van der Waals surface area contributed by atoms with Crippen LogP contribution in [0.4, 0.5) is 5.82 Å². The second-order valence-corrected chi connectivity index (χ2v) is 3.94. The fourth-order valence-electron chi connectivity index (χ4n) is 1.64. The van der Waals surface area contributed by atoms with Crippen LogP contribution in [0.1, 0.15) is 32.1 Å². The lowest BCUT2D eigenvalue weighted by Crippen LogP contribution is -2.22. The minimum atomic E-state index is -0.144. The smallest absolute Gasteiger partial charge is 0.252 e. The van der Waals surface area contributed by atoms with Crippen molar-refractivity contribution < 1.29 is 0 Å². The summed E-state index contributed by atoms with van der Waals surface area (Å²) in [5.74, 6) is 0.582. The predicted molar refractivity (Wildman–Crippen MR) is 65.5 cm³/mol. The summed E-state index contributed by atoms with van der Waals surface area (Å²) in [6, 6.07) is 1.92. The van der Waals surface area contributed by atoms with E-state index in [1.54, 1.807) is 7.05 Å². The van der Waals surface area contributed by atoms with Crippen LogP contribution in [-0.2, 0) is 0 Å². The summed E-state index contributed by atoms with van der Waals surface area (Å²) in [7, 11) is 1.71. The van der Waals surface area contributed by atoms with Gasteiger partial charge >= 0.3 is 0 Å². The van der Waals surface area contributed by atoms with Crippen LogP contribution in [0.5, 0.6) is 0 Å². The summed E-state index contributed by atoms with van der Waals surface area (Å²) in [6.45, 7) is 0. The van der Waals surface area contributed by atoms with Gasteiger partial charge in [-0.2, -0.15) is 0 Å². The van der Waals surface area contributed by atoms with Gasteiger partial charge in [-0.05, 0) is 12.8 Å². The Morgan fingerprint density at radius 1 is 1.44 bits per heavy atom. The van der Waals surface area contributed by atoms with Crippen molar-refractivity contribution >= 4 is 5.82 Å². The third-order valence-electron chi connectivity index (χ3n) is 2.58. The zero-order valence-electron chi connectivity index (χ0n) is 9.70. The molecule has 0 amide bonds. The van der Waals surface area contributed by atoms with E-state index in [0.29, 0.717) is 11.9 Å². The van der Waals surface area contributed by atoms with E-state index < -0.39 is 0 Å². The molecule has 16 heavy (non-hydrogen) atoms. The number of anilines is 1. The number of hydrogen-bond donors (Lipinski definition) is 3. The standard InChI is InChI=1S/C6H13N.C5H7N3O/c7-6-4-2-1-3-5-6;1-6-4-2-5(9)8-3-7-4/h6H,1-5,7H2;2-3H,1H3,(H2,6,7,8,9). The van der Waals surface area contributed by atoms with E-state index in [1.807, 2.05) is 0 Å². The highest BCUT2D eigenvalue weighted by Gasteiger charge is 2.06. The maximum Gasteiger partial charge on any atom is 0.252 e. The van der Waals surface area contributed by atoms with E-state index in [-0.39, 0.29) is 5.56 Å². The van der Waals surface area contributed by atoms with E-state index in [1.165, 1.54) is 44.5 Å². The molecule has 5 heteroatoms. The van der Waals surface area contributed by atoms with Gasteiger partial charge in [0.2, 0.25) is 0 Å². The van der Waals surface area contributed by atoms with Crippen molar-refractivity contribution in [1.29, 1.82) is 0 Å². The topological polar surface area (TPSA) is 83.8 Å². The van der Waals surface area contributed by atoms with Crippen molar-refractivity contribution in [2.45, 2.75) is 38.1 Å². The lowest BCUT2D eigenvalue weighted by molar-refractivity contribution is 0.441. The summed E-state index contributed by atoms with van der Waals surface area (Å²) in [4.78, 5) is 16.7. The minimum absolute atomic E-state index is 0.144. The minimum Gasteiger partial charge on any atom is -0.373 e. The summed E-state index contributed by atoms with van der Waals surface area (Å²) in [6.07, 6.45) is 8.02. The van der Waals surface area contributed by atoms with Gasteiger partial charge in [0, 0.05) is 19.2 Å². The molecule has 2 rings (SSSR count). The molecule has 1 fully saturated rings. The van der Waals surface area contributed by atoms with Gasteiger partial charge in [0.15, 0.2) is 0 Å². The maximum atomic E-state index is 10.5. The lowest BCUT2D eigenvalue weighted by atomic mass is 9.97. The Morgan fingerprint density at radius 2 is 2.12 bits per heavy atom. The number of nitrogens with two attached hydrogens (primary N) is 1. The van der Waals surface area contributed by atoms with Gasteiger partial charge in [-0.3, -0.25) is 4.79 Å². The molecule has 1 aliphatic carbocycles. The van der Waals surface area contributed by atoms with Gasteiger partial charge in [-0.15, -0.1) is 0 Å². The van der Waals surface area contributed by atoms with E-state index >= 15 is 0 Å². The van der Waals surface area contributed by atoms with Crippen molar-refractivity contribution in [3.8, 4) is 0 Å². The van der Waals surface area contributed by atoms with E-state index in [4.69, 9.17) is 5.73 Å². The Bertz CT molecular complexity index is 344. The molecule has 1 heterocycles. The molecule has 4 N–H and O–H groups in total. The molecule has 1 aromatic heterocycles. The number of aromatic nitrogens is 2. The van der Waals surface area contributed by atoms with E-state index in [2.05, 4.69) is 15.3 Å². The third kappa shape index (κ3) is 4.93. The van der Waals surface area contributed by atoms with E-state index in [9.17, 15) is 4.79 Å². The molecule has 0 saturated heterocycles. The fraction of sp³-hybridized carbons (Fsp3) is 0.636. The van der Waals surface area contributed by atoms with Crippen LogP contribution in [0, 0.1) is 0 Å². The first-order chi connectivity index (χ1) is 7.72. The first-order valence-corrected chi connectivity index (χ1v) is 5.70. The number of aromatic amines is 1. The zero-order chi connectivity index (χ0) is 11.8. The molecule has 1 aromatic rings. The van der Waals surface area contributed by atoms with Crippen LogP contribution in [0.2, 0.25) is 0 Å². The number of nitrogens with one attached hydrogen (secondary N) is 2. The van der Waals surface area contributed by atoms with Crippen LogP contribution in [0.15, 0.2) is 17.2 Å². The van der Waals surface area contributed by atoms with Crippen LogP contribution in [-0.4, -0.2) is 23.1 Å². The van der Waals surface area contributed by atoms with Crippen LogP contribution < -0.4 is 16.6 Å². The number of nitrogens with zero attached hydrogens (tertiary/aromatic N) is 1. The van der Waals surface area contributed by atoms with Crippen molar-refractivity contribution in [1.82, 2.24) is 9.97 Å². The van der Waals surface area contributed by atoms with Crippen LogP contribution in [0.25, 0.3) is 0 Å². The molecule has 0 spiro atoms. The molecule has 1 aliphatic rings. The average Bonchev–Trinajstić information content (AvgIpc) is 2.31. The van der Waals surface area contributed by atoms with Crippen LogP contribution >= 0.6 is 0 Å². The van der Waals surface area contributed by atoms with Gasteiger partial charge in [-0.1, -0.05) is 19.3 Å². The van der Waals surface area contributed by atoms with Crippen molar-refractivity contribution in [2.75, 3.05) is 12.4 Å².